The molecule has 0 spiro atoms. The zero-order valence-corrected chi connectivity index (χ0v) is 13.5. The third-order valence-electron chi connectivity index (χ3n) is 3.64. The summed E-state index contributed by atoms with van der Waals surface area (Å²) in [7, 11) is 0. The first-order valence-electron chi connectivity index (χ1n) is 7.44. The highest BCUT2D eigenvalue weighted by atomic mass is 32.2. The van der Waals surface area contributed by atoms with E-state index in [0.29, 0.717) is 0 Å². The third-order valence-corrected chi connectivity index (χ3v) is 4.91. The van der Waals surface area contributed by atoms with Crippen LogP contribution in [-0.4, -0.2) is 17.1 Å². The first kappa shape index (κ1) is 15.6. The van der Waals surface area contributed by atoms with Gasteiger partial charge in [0.05, 0.1) is 17.4 Å². The Kier molecular flexibility index (Phi) is 4.67. The molecule has 0 bridgehead atoms. The van der Waals surface area contributed by atoms with Gasteiger partial charge < -0.3 is 10.1 Å². The molecule has 1 amide bonds. The molecule has 0 aliphatic carbocycles. The van der Waals surface area contributed by atoms with Gasteiger partial charge in [0.1, 0.15) is 6.10 Å². The van der Waals surface area contributed by atoms with E-state index in [9.17, 15) is 9.59 Å². The Labute approximate surface area is 139 Å². The number of fused-ring (bicyclic) bond motifs is 1. The largest absolute Gasteiger partial charge is 0.458 e. The lowest BCUT2D eigenvalue weighted by Gasteiger charge is -2.24. The fraction of sp³-hybridized carbons (Fsp3) is 0.222. The number of carbonyl (C=O) groups excluding carboxylic acids is 2. The van der Waals surface area contributed by atoms with E-state index in [1.54, 1.807) is 0 Å². The van der Waals surface area contributed by atoms with Crippen molar-refractivity contribution in [3.63, 3.8) is 0 Å². The van der Waals surface area contributed by atoms with E-state index < -0.39 is 5.25 Å². The van der Waals surface area contributed by atoms with E-state index in [4.69, 9.17) is 4.74 Å². The Balaban J connectivity index is 1.61. The Bertz CT molecular complexity index is 717. The van der Waals surface area contributed by atoms with Crippen molar-refractivity contribution < 1.29 is 14.3 Å². The minimum absolute atomic E-state index is 0.0575. The smallest absolute Gasteiger partial charge is 0.308 e. The van der Waals surface area contributed by atoms with Gasteiger partial charge in [-0.05, 0) is 24.6 Å². The Morgan fingerprint density at radius 1 is 1.17 bits per heavy atom. The van der Waals surface area contributed by atoms with Crippen LogP contribution in [0.25, 0.3) is 0 Å². The van der Waals surface area contributed by atoms with Crippen molar-refractivity contribution in [1.82, 2.24) is 0 Å². The number of carbonyl (C=O) groups is 2. The summed E-state index contributed by atoms with van der Waals surface area (Å²) in [6.07, 6.45) is -0.269. The van der Waals surface area contributed by atoms with Gasteiger partial charge in [0.25, 0.3) is 0 Å². The number of esters is 1. The predicted octanol–water partition coefficient (Wildman–Crippen LogP) is 3.79. The van der Waals surface area contributed by atoms with Crippen LogP contribution in [-0.2, 0) is 14.3 Å². The maximum Gasteiger partial charge on any atom is 0.308 e. The minimum Gasteiger partial charge on any atom is -0.458 e. The van der Waals surface area contributed by atoms with Gasteiger partial charge in [-0.2, -0.15) is 0 Å². The molecule has 1 aliphatic rings. The molecule has 2 aromatic carbocycles. The summed E-state index contributed by atoms with van der Waals surface area (Å²) in [6.45, 7) is 1.83. The lowest BCUT2D eigenvalue weighted by molar-refractivity contribution is -0.149. The van der Waals surface area contributed by atoms with Gasteiger partial charge in [0, 0.05) is 4.90 Å². The Morgan fingerprint density at radius 2 is 1.87 bits per heavy atom. The molecule has 4 nitrogen and oxygen atoms in total. The average molecular weight is 327 g/mol. The SMILES string of the molecule is CC(OC(=O)CC1Sc2ccccc2NC1=O)c1ccccc1. The van der Waals surface area contributed by atoms with E-state index in [0.717, 1.165) is 16.1 Å². The molecule has 0 fully saturated rings. The number of amides is 1. The molecule has 0 saturated heterocycles. The van der Waals surface area contributed by atoms with E-state index >= 15 is 0 Å². The fourth-order valence-electron chi connectivity index (χ4n) is 2.42. The quantitative estimate of drug-likeness (QED) is 0.868. The highest BCUT2D eigenvalue weighted by molar-refractivity contribution is 8.01. The van der Waals surface area contributed by atoms with Crippen molar-refractivity contribution in [2.24, 2.45) is 0 Å². The topological polar surface area (TPSA) is 55.4 Å². The van der Waals surface area contributed by atoms with Crippen LogP contribution in [0.2, 0.25) is 0 Å². The van der Waals surface area contributed by atoms with Gasteiger partial charge in [-0.15, -0.1) is 11.8 Å². The van der Waals surface area contributed by atoms with Crippen LogP contribution in [0.15, 0.2) is 59.5 Å². The Hall–Kier alpha value is -2.27. The number of anilines is 1. The predicted molar refractivity (Wildman–Crippen MR) is 90.3 cm³/mol. The third kappa shape index (κ3) is 3.74. The molecule has 1 N–H and O–H groups in total. The van der Waals surface area contributed by atoms with Crippen molar-refractivity contribution in [3.8, 4) is 0 Å². The molecule has 0 aromatic heterocycles. The molecule has 2 atom stereocenters. The standard InChI is InChI=1S/C18H17NO3S/c1-12(13-7-3-2-4-8-13)22-17(20)11-16-18(21)19-14-9-5-6-10-15(14)23-16/h2-10,12,16H,11H2,1H3,(H,19,21). The minimum atomic E-state index is -0.458. The van der Waals surface area contributed by atoms with Crippen LogP contribution in [0.3, 0.4) is 0 Å². The highest BCUT2D eigenvalue weighted by Crippen LogP contribution is 2.36. The number of para-hydroxylation sites is 1. The van der Waals surface area contributed by atoms with Crippen LogP contribution in [0, 0.1) is 0 Å². The maximum atomic E-state index is 12.1. The van der Waals surface area contributed by atoms with Crippen LogP contribution < -0.4 is 5.32 Å². The van der Waals surface area contributed by atoms with E-state index in [-0.39, 0.29) is 24.4 Å². The van der Waals surface area contributed by atoms with Crippen LogP contribution >= 0.6 is 11.8 Å². The number of rotatable bonds is 4. The van der Waals surface area contributed by atoms with Crippen molar-refractivity contribution in [3.05, 3.63) is 60.2 Å². The maximum absolute atomic E-state index is 12.1. The normalized spacial score (nSPS) is 17.8. The van der Waals surface area contributed by atoms with Crippen LogP contribution in [0.4, 0.5) is 5.69 Å². The van der Waals surface area contributed by atoms with E-state index in [1.165, 1.54) is 11.8 Å². The van der Waals surface area contributed by atoms with Crippen LogP contribution in [0.1, 0.15) is 25.0 Å². The molecule has 118 valence electrons. The summed E-state index contributed by atoms with van der Waals surface area (Å²) in [5.41, 5.74) is 1.73. The van der Waals surface area contributed by atoms with E-state index in [2.05, 4.69) is 5.32 Å². The van der Waals surface area contributed by atoms with Gasteiger partial charge in [-0.1, -0.05) is 42.5 Å². The molecular weight excluding hydrogens is 310 g/mol. The molecule has 23 heavy (non-hydrogen) atoms. The number of nitrogens with one attached hydrogen (secondary N) is 1. The molecule has 5 heteroatoms. The first-order valence-corrected chi connectivity index (χ1v) is 8.32. The summed E-state index contributed by atoms with van der Waals surface area (Å²) >= 11 is 1.40. The zero-order chi connectivity index (χ0) is 16.2. The monoisotopic (exact) mass is 327 g/mol. The van der Waals surface area contributed by atoms with Gasteiger partial charge >= 0.3 is 5.97 Å². The summed E-state index contributed by atoms with van der Waals surface area (Å²) < 4.78 is 5.44. The highest BCUT2D eigenvalue weighted by Gasteiger charge is 2.29. The zero-order valence-electron chi connectivity index (χ0n) is 12.7. The average Bonchev–Trinajstić information content (AvgIpc) is 2.56. The van der Waals surface area contributed by atoms with E-state index in [1.807, 2.05) is 61.5 Å². The number of thioether (sulfide) groups is 1. The molecule has 1 heterocycles. The van der Waals surface area contributed by atoms with Gasteiger partial charge in [0.2, 0.25) is 5.91 Å². The molecule has 3 rings (SSSR count). The van der Waals surface area contributed by atoms with Crippen molar-refractivity contribution >= 4 is 29.3 Å². The number of benzene rings is 2. The molecule has 0 saturated carbocycles. The number of hydrogen-bond acceptors (Lipinski definition) is 4. The summed E-state index contributed by atoms with van der Waals surface area (Å²) in [4.78, 5) is 25.2. The first-order chi connectivity index (χ1) is 11.1. The lowest BCUT2D eigenvalue weighted by atomic mass is 10.1. The summed E-state index contributed by atoms with van der Waals surface area (Å²) in [6, 6.07) is 17.1. The summed E-state index contributed by atoms with van der Waals surface area (Å²) in [5, 5.41) is 2.37. The number of hydrogen-bond donors (Lipinski definition) is 1. The van der Waals surface area contributed by atoms with Gasteiger partial charge in [-0.25, -0.2) is 0 Å². The second-order valence-corrected chi connectivity index (χ2v) is 6.58. The Morgan fingerprint density at radius 3 is 2.65 bits per heavy atom. The molecule has 1 aliphatic heterocycles. The lowest BCUT2D eigenvalue weighted by Crippen LogP contribution is -2.31. The summed E-state index contributed by atoms with van der Waals surface area (Å²) in [5.74, 6) is -0.522. The van der Waals surface area contributed by atoms with Crippen molar-refractivity contribution in [2.45, 2.75) is 29.6 Å². The van der Waals surface area contributed by atoms with Gasteiger partial charge in [-0.3, -0.25) is 9.59 Å². The van der Waals surface area contributed by atoms with Crippen LogP contribution in [0.5, 0.6) is 0 Å². The second-order valence-electron chi connectivity index (χ2n) is 5.34. The molecule has 2 aromatic rings. The van der Waals surface area contributed by atoms with Crippen molar-refractivity contribution in [2.75, 3.05) is 5.32 Å². The molecule has 2 unspecified atom stereocenters. The van der Waals surface area contributed by atoms with Crippen molar-refractivity contribution in [1.29, 1.82) is 0 Å². The fourth-order valence-corrected chi connectivity index (χ4v) is 3.51. The van der Waals surface area contributed by atoms with Gasteiger partial charge in [0.15, 0.2) is 0 Å². The second kappa shape index (κ2) is 6.87. The molecular formula is C18H17NO3S. The molecule has 0 radical (unpaired) electrons. The number of ether oxygens (including phenoxy) is 1.